The van der Waals surface area contributed by atoms with E-state index in [-0.39, 0.29) is 0 Å². The van der Waals surface area contributed by atoms with Gasteiger partial charge in [0, 0.05) is 19.3 Å². The van der Waals surface area contributed by atoms with Gasteiger partial charge in [0.2, 0.25) is 0 Å². The Morgan fingerprint density at radius 2 is 2.16 bits per heavy atom. The fraction of sp³-hybridized carbons (Fsp3) is 0.417. The van der Waals surface area contributed by atoms with Crippen molar-refractivity contribution in [2.45, 2.75) is 6.54 Å². The fourth-order valence-electron chi connectivity index (χ4n) is 1.63. The van der Waals surface area contributed by atoms with Crippen LogP contribution in [0.4, 0.5) is 0 Å². The van der Waals surface area contributed by atoms with Crippen LogP contribution >= 0.6 is 12.2 Å². The Morgan fingerprint density at radius 3 is 2.95 bits per heavy atom. The zero-order chi connectivity index (χ0) is 13.7. The molecular formula is C12H18N6S. The highest BCUT2D eigenvalue weighted by atomic mass is 32.1. The number of thiocarbonyl (C=S) groups is 1. The molecule has 0 radical (unpaired) electrons. The first-order valence-corrected chi connectivity index (χ1v) is 6.52. The van der Waals surface area contributed by atoms with Gasteiger partial charge in [-0.3, -0.25) is 4.40 Å². The molecule has 19 heavy (non-hydrogen) atoms. The van der Waals surface area contributed by atoms with Gasteiger partial charge in [0.1, 0.15) is 0 Å². The van der Waals surface area contributed by atoms with Crippen LogP contribution in [-0.2, 0) is 6.54 Å². The largest absolute Gasteiger partial charge is 0.361 e. The van der Waals surface area contributed by atoms with Gasteiger partial charge in [-0.2, -0.15) is 0 Å². The third kappa shape index (κ3) is 3.87. The van der Waals surface area contributed by atoms with Crippen LogP contribution in [0.2, 0.25) is 0 Å². The topological polar surface area (TPSA) is 57.5 Å². The summed E-state index contributed by atoms with van der Waals surface area (Å²) in [6.45, 7) is 2.31. The highest BCUT2D eigenvalue weighted by molar-refractivity contribution is 7.80. The van der Waals surface area contributed by atoms with Gasteiger partial charge in [0.05, 0.1) is 6.54 Å². The van der Waals surface area contributed by atoms with Crippen molar-refractivity contribution < 1.29 is 0 Å². The minimum Gasteiger partial charge on any atom is -0.361 e. The van der Waals surface area contributed by atoms with Crippen molar-refractivity contribution in [3.05, 3.63) is 30.2 Å². The number of hydrogen-bond donors (Lipinski definition) is 2. The Labute approximate surface area is 117 Å². The van der Waals surface area contributed by atoms with E-state index in [1.54, 1.807) is 0 Å². The van der Waals surface area contributed by atoms with Crippen molar-refractivity contribution >= 4 is 23.0 Å². The summed E-state index contributed by atoms with van der Waals surface area (Å²) in [5.41, 5.74) is 0.839. The number of likely N-dealkylation sites (N-methyl/N-ethyl adjacent to an activating group) is 1. The molecule has 7 heteroatoms. The van der Waals surface area contributed by atoms with E-state index in [9.17, 15) is 0 Å². The van der Waals surface area contributed by atoms with E-state index in [1.807, 2.05) is 42.9 Å². The quantitative estimate of drug-likeness (QED) is 0.765. The van der Waals surface area contributed by atoms with Gasteiger partial charge in [0.25, 0.3) is 0 Å². The molecule has 0 saturated heterocycles. The number of nitrogens with zero attached hydrogens (tertiary/aromatic N) is 4. The van der Waals surface area contributed by atoms with Gasteiger partial charge < -0.3 is 15.5 Å². The van der Waals surface area contributed by atoms with E-state index in [2.05, 4.69) is 25.7 Å². The van der Waals surface area contributed by atoms with Crippen molar-refractivity contribution in [2.24, 2.45) is 0 Å². The molecule has 2 rings (SSSR count). The zero-order valence-electron chi connectivity index (χ0n) is 11.1. The van der Waals surface area contributed by atoms with Crippen molar-refractivity contribution in [1.82, 2.24) is 30.1 Å². The third-order valence-electron chi connectivity index (χ3n) is 2.64. The molecule has 0 unspecified atom stereocenters. The van der Waals surface area contributed by atoms with E-state index >= 15 is 0 Å². The highest BCUT2D eigenvalue weighted by Gasteiger charge is 2.04. The maximum absolute atomic E-state index is 5.20. The molecule has 0 aliphatic carbocycles. The summed E-state index contributed by atoms with van der Waals surface area (Å²) in [5, 5.41) is 15.1. The maximum Gasteiger partial charge on any atom is 0.166 e. The van der Waals surface area contributed by atoms with E-state index in [0.717, 1.165) is 24.6 Å². The van der Waals surface area contributed by atoms with Gasteiger partial charge in [-0.15, -0.1) is 10.2 Å². The minimum absolute atomic E-state index is 0.555. The van der Waals surface area contributed by atoms with Crippen molar-refractivity contribution in [3.63, 3.8) is 0 Å². The Bertz CT molecular complexity index is 550. The Hall–Kier alpha value is -1.73. The number of pyridine rings is 1. The molecular weight excluding hydrogens is 260 g/mol. The van der Waals surface area contributed by atoms with Crippen molar-refractivity contribution in [2.75, 3.05) is 27.2 Å². The molecule has 2 aromatic rings. The molecule has 0 atom stereocenters. The highest BCUT2D eigenvalue weighted by Crippen LogP contribution is 2.01. The number of aromatic nitrogens is 3. The summed E-state index contributed by atoms with van der Waals surface area (Å²) in [6, 6.07) is 5.81. The molecule has 0 aliphatic heterocycles. The van der Waals surface area contributed by atoms with Crippen LogP contribution in [0.3, 0.4) is 0 Å². The second kappa shape index (κ2) is 6.44. The normalized spacial score (nSPS) is 10.9. The maximum atomic E-state index is 5.20. The molecule has 2 heterocycles. The molecule has 6 nitrogen and oxygen atoms in total. The lowest BCUT2D eigenvalue weighted by Gasteiger charge is -2.12. The molecule has 0 saturated carbocycles. The Balaban J connectivity index is 1.83. The zero-order valence-corrected chi connectivity index (χ0v) is 11.9. The van der Waals surface area contributed by atoms with Gasteiger partial charge in [-0.05, 0) is 38.4 Å². The first-order chi connectivity index (χ1) is 9.16. The molecule has 0 aliphatic rings. The van der Waals surface area contributed by atoms with Crippen LogP contribution < -0.4 is 10.6 Å². The van der Waals surface area contributed by atoms with E-state index in [1.165, 1.54) is 0 Å². The molecule has 102 valence electrons. The van der Waals surface area contributed by atoms with Crippen LogP contribution in [0.25, 0.3) is 5.65 Å². The lowest BCUT2D eigenvalue weighted by molar-refractivity contribution is 0.412. The van der Waals surface area contributed by atoms with Crippen LogP contribution in [0.5, 0.6) is 0 Å². The molecule has 2 N–H and O–H groups in total. The van der Waals surface area contributed by atoms with E-state index < -0.39 is 0 Å². The summed E-state index contributed by atoms with van der Waals surface area (Å²) in [5.74, 6) is 0.840. The van der Waals surface area contributed by atoms with Crippen molar-refractivity contribution in [3.8, 4) is 0 Å². The Morgan fingerprint density at radius 1 is 1.32 bits per heavy atom. The van der Waals surface area contributed by atoms with Crippen molar-refractivity contribution in [1.29, 1.82) is 0 Å². The summed E-state index contributed by atoms with van der Waals surface area (Å²) in [7, 11) is 4.06. The van der Waals surface area contributed by atoms with Gasteiger partial charge in [-0.1, -0.05) is 6.07 Å². The lowest BCUT2D eigenvalue weighted by atomic mass is 10.4. The summed E-state index contributed by atoms with van der Waals surface area (Å²) < 4.78 is 1.94. The second-order valence-electron chi connectivity index (χ2n) is 4.46. The summed E-state index contributed by atoms with van der Waals surface area (Å²) >= 11 is 5.20. The number of hydrogen-bond acceptors (Lipinski definition) is 4. The minimum atomic E-state index is 0.555. The fourth-order valence-corrected chi connectivity index (χ4v) is 1.80. The third-order valence-corrected chi connectivity index (χ3v) is 2.92. The van der Waals surface area contributed by atoms with Crippen LogP contribution in [0, 0.1) is 0 Å². The van der Waals surface area contributed by atoms with E-state index in [4.69, 9.17) is 12.2 Å². The van der Waals surface area contributed by atoms with Gasteiger partial charge in [0.15, 0.2) is 16.6 Å². The first kappa shape index (κ1) is 13.7. The average Bonchev–Trinajstić information content (AvgIpc) is 2.79. The molecule has 0 aromatic carbocycles. The average molecular weight is 278 g/mol. The van der Waals surface area contributed by atoms with Crippen LogP contribution in [0.15, 0.2) is 24.4 Å². The van der Waals surface area contributed by atoms with Crippen LogP contribution in [0.1, 0.15) is 5.82 Å². The smallest absolute Gasteiger partial charge is 0.166 e. The SMILES string of the molecule is CN(C)CCNC(=S)NCc1nnc2ccccn12. The summed E-state index contributed by atoms with van der Waals surface area (Å²) in [4.78, 5) is 2.10. The number of nitrogens with one attached hydrogen (secondary N) is 2. The standard InChI is InChI=1S/C12H18N6S/c1-17(2)8-6-13-12(19)14-9-11-16-15-10-5-3-4-7-18(10)11/h3-5,7H,6,8-9H2,1-2H3,(H2,13,14,19). The number of fused-ring (bicyclic) bond motifs is 1. The number of rotatable bonds is 5. The van der Waals surface area contributed by atoms with Crippen LogP contribution in [-0.4, -0.2) is 51.8 Å². The molecule has 0 spiro atoms. The predicted octanol–water partition coefficient (Wildman–Crippen LogP) is 0.255. The monoisotopic (exact) mass is 278 g/mol. The Kier molecular flexibility index (Phi) is 4.64. The van der Waals surface area contributed by atoms with E-state index in [0.29, 0.717) is 11.7 Å². The molecule has 0 bridgehead atoms. The second-order valence-corrected chi connectivity index (χ2v) is 4.87. The van der Waals surface area contributed by atoms with Gasteiger partial charge >= 0.3 is 0 Å². The molecule has 0 amide bonds. The predicted molar refractivity (Wildman–Crippen MR) is 79.0 cm³/mol. The summed E-state index contributed by atoms with van der Waals surface area (Å²) in [6.07, 6.45) is 1.94. The molecule has 2 aromatic heterocycles. The first-order valence-electron chi connectivity index (χ1n) is 6.12. The molecule has 0 fully saturated rings. The lowest BCUT2D eigenvalue weighted by Crippen LogP contribution is -2.38. The van der Waals surface area contributed by atoms with Gasteiger partial charge in [-0.25, -0.2) is 0 Å².